The lowest BCUT2D eigenvalue weighted by Crippen LogP contribution is -2.11. The van der Waals surface area contributed by atoms with Crippen molar-refractivity contribution in [1.82, 2.24) is 14.8 Å². The Bertz CT molecular complexity index is 1110. The third-order valence-electron chi connectivity index (χ3n) is 4.33. The first-order valence-corrected chi connectivity index (χ1v) is 10.8. The highest BCUT2D eigenvalue weighted by Crippen LogP contribution is 2.38. The standard InChI is InChI=1S/C21H19BrN4O4S/c1-4-11-30-19-10-5-15(12-18(19)22)20(13-25(27)28)31-21-24-23-14(2)26(21)16-6-8-17(29-3)9-7-16/h1,5-10,12,20H,11,13H2,2-3H3/t20-/m0/s1. The molecule has 10 heteroatoms. The van der Waals surface area contributed by atoms with E-state index in [0.717, 1.165) is 17.0 Å². The lowest BCUT2D eigenvalue weighted by atomic mass is 10.1. The summed E-state index contributed by atoms with van der Waals surface area (Å²) in [6.07, 6.45) is 5.23. The van der Waals surface area contributed by atoms with Crippen molar-refractivity contribution in [3.05, 3.63) is 68.4 Å². The number of aromatic nitrogens is 3. The molecule has 0 bridgehead atoms. The zero-order valence-electron chi connectivity index (χ0n) is 16.8. The van der Waals surface area contributed by atoms with Crippen LogP contribution in [0.4, 0.5) is 0 Å². The number of hydrogen-bond acceptors (Lipinski definition) is 7. The van der Waals surface area contributed by atoms with E-state index in [4.69, 9.17) is 15.9 Å². The molecule has 0 fully saturated rings. The number of thioether (sulfide) groups is 1. The molecular formula is C21H19BrN4O4S. The summed E-state index contributed by atoms with van der Waals surface area (Å²) in [5.41, 5.74) is 1.59. The second-order valence-corrected chi connectivity index (χ2v) is 8.39. The predicted molar refractivity (Wildman–Crippen MR) is 122 cm³/mol. The Morgan fingerprint density at radius 1 is 1.29 bits per heavy atom. The van der Waals surface area contributed by atoms with E-state index in [0.29, 0.717) is 21.2 Å². The minimum Gasteiger partial charge on any atom is -0.497 e. The summed E-state index contributed by atoms with van der Waals surface area (Å²) in [5.74, 6) is 4.38. The molecule has 1 heterocycles. The van der Waals surface area contributed by atoms with Crippen LogP contribution in [0.1, 0.15) is 16.6 Å². The molecule has 0 spiro atoms. The fourth-order valence-corrected chi connectivity index (χ4v) is 4.55. The largest absolute Gasteiger partial charge is 0.497 e. The van der Waals surface area contributed by atoms with Crippen LogP contribution in [0.2, 0.25) is 0 Å². The van der Waals surface area contributed by atoms with Gasteiger partial charge in [0, 0.05) is 10.6 Å². The van der Waals surface area contributed by atoms with Crippen LogP contribution < -0.4 is 9.47 Å². The molecule has 1 atom stereocenters. The van der Waals surface area contributed by atoms with Gasteiger partial charge in [0.1, 0.15) is 29.2 Å². The predicted octanol–water partition coefficient (Wildman–Crippen LogP) is 4.47. The Morgan fingerprint density at radius 3 is 2.65 bits per heavy atom. The number of terminal acetylenes is 1. The van der Waals surface area contributed by atoms with E-state index >= 15 is 0 Å². The molecule has 3 aromatic rings. The van der Waals surface area contributed by atoms with Gasteiger partial charge in [0.15, 0.2) is 5.16 Å². The molecule has 0 aliphatic heterocycles. The number of nitro groups is 1. The molecule has 31 heavy (non-hydrogen) atoms. The Balaban J connectivity index is 1.93. The van der Waals surface area contributed by atoms with Gasteiger partial charge in [-0.25, -0.2) is 0 Å². The van der Waals surface area contributed by atoms with Gasteiger partial charge in [-0.05, 0) is 64.8 Å². The van der Waals surface area contributed by atoms with Crippen molar-refractivity contribution in [1.29, 1.82) is 0 Å². The third-order valence-corrected chi connectivity index (χ3v) is 6.13. The first-order chi connectivity index (χ1) is 14.9. The normalized spacial score (nSPS) is 11.5. The molecule has 3 rings (SSSR count). The van der Waals surface area contributed by atoms with Crippen molar-refractivity contribution in [2.45, 2.75) is 17.3 Å². The number of benzene rings is 2. The number of aryl methyl sites for hydroxylation is 1. The average molecular weight is 503 g/mol. The summed E-state index contributed by atoms with van der Waals surface area (Å²) in [4.78, 5) is 11.0. The van der Waals surface area contributed by atoms with Gasteiger partial charge in [-0.2, -0.15) is 0 Å². The fraction of sp³-hybridized carbons (Fsp3) is 0.238. The first-order valence-electron chi connectivity index (χ1n) is 9.13. The van der Waals surface area contributed by atoms with Gasteiger partial charge in [0.2, 0.25) is 6.54 Å². The quantitative estimate of drug-likeness (QED) is 0.184. The van der Waals surface area contributed by atoms with Gasteiger partial charge >= 0.3 is 0 Å². The summed E-state index contributed by atoms with van der Waals surface area (Å²) in [6.45, 7) is 1.68. The number of rotatable bonds is 9. The second-order valence-electron chi connectivity index (χ2n) is 6.37. The smallest absolute Gasteiger partial charge is 0.220 e. The molecule has 0 saturated carbocycles. The Morgan fingerprint density at radius 2 is 2.03 bits per heavy atom. The van der Waals surface area contributed by atoms with Crippen molar-refractivity contribution < 1.29 is 14.4 Å². The van der Waals surface area contributed by atoms with E-state index in [1.807, 2.05) is 35.8 Å². The zero-order chi connectivity index (χ0) is 22.4. The fourth-order valence-electron chi connectivity index (χ4n) is 2.88. The highest BCUT2D eigenvalue weighted by atomic mass is 79.9. The SMILES string of the molecule is C#CCOc1ccc([C@H](C[N+](=O)[O-])Sc2nnc(C)n2-c2ccc(OC)cc2)cc1Br. The number of methoxy groups -OCH3 is 1. The van der Waals surface area contributed by atoms with Gasteiger partial charge in [-0.1, -0.05) is 23.7 Å². The van der Waals surface area contributed by atoms with Crippen LogP contribution in [0.3, 0.4) is 0 Å². The molecule has 0 aliphatic carbocycles. The van der Waals surface area contributed by atoms with Gasteiger partial charge in [0.05, 0.1) is 11.6 Å². The lowest BCUT2D eigenvalue weighted by molar-refractivity contribution is -0.479. The summed E-state index contributed by atoms with van der Waals surface area (Å²) < 4.78 is 13.2. The second kappa shape index (κ2) is 10.3. The van der Waals surface area contributed by atoms with Gasteiger partial charge in [0.25, 0.3) is 0 Å². The number of halogens is 1. The molecule has 1 aromatic heterocycles. The lowest BCUT2D eigenvalue weighted by Gasteiger charge is -2.16. The molecule has 8 nitrogen and oxygen atoms in total. The highest BCUT2D eigenvalue weighted by Gasteiger charge is 2.24. The van der Waals surface area contributed by atoms with E-state index in [9.17, 15) is 10.1 Å². The topological polar surface area (TPSA) is 92.3 Å². The number of ether oxygens (including phenoxy) is 2. The molecule has 160 valence electrons. The number of hydrogen-bond donors (Lipinski definition) is 0. The zero-order valence-corrected chi connectivity index (χ0v) is 19.2. The van der Waals surface area contributed by atoms with E-state index in [1.165, 1.54) is 11.8 Å². The van der Waals surface area contributed by atoms with Crippen molar-refractivity contribution in [3.8, 4) is 29.5 Å². The molecule has 0 saturated heterocycles. The molecular weight excluding hydrogens is 484 g/mol. The van der Waals surface area contributed by atoms with Crippen LogP contribution in [0.5, 0.6) is 11.5 Å². The summed E-state index contributed by atoms with van der Waals surface area (Å²) in [5, 5.41) is 19.9. The third kappa shape index (κ3) is 5.57. The highest BCUT2D eigenvalue weighted by molar-refractivity contribution is 9.10. The van der Waals surface area contributed by atoms with Crippen LogP contribution in [0.15, 0.2) is 52.1 Å². The van der Waals surface area contributed by atoms with Crippen LogP contribution in [0, 0.1) is 29.4 Å². The molecule has 0 amide bonds. The molecule has 2 aromatic carbocycles. The molecule has 0 radical (unpaired) electrons. The summed E-state index contributed by atoms with van der Waals surface area (Å²) >= 11 is 4.73. The summed E-state index contributed by atoms with van der Waals surface area (Å²) in [7, 11) is 1.60. The maximum absolute atomic E-state index is 11.4. The van der Waals surface area contributed by atoms with E-state index in [2.05, 4.69) is 32.0 Å². The van der Waals surface area contributed by atoms with E-state index < -0.39 is 5.25 Å². The van der Waals surface area contributed by atoms with Crippen molar-refractivity contribution in [2.24, 2.45) is 0 Å². The minimum atomic E-state index is -0.492. The Kier molecular flexibility index (Phi) is 7.55. The van der Waals surface area contributed by atoms with Crippen molar-refractivity contribution >= 4 is 27.7 Å². The van der Waals surface area contributed by atoms with Crippen LogP contribution in [-0.2, 0) is 0 Å². The Labute approximate surface area is 192 Å². The van der Waals surface area contributed by atoms with Gasteiger partial charge in [-0.15, -0.1) is 16.6 Å². The molecule has 0 unspecified atom stereocenters. The summed E-state index contributed by atoms with van der Waals surface area (Å²) in [6, 6.07) is 12.8. The molecule has 0 aliphatic rings. The van der Waals surface area contributed by atoms with Gasteiger partial charge in [-0.3, -0.25) is 14.7 Å². The van der Waals surface area contributed by atoms with E-state index in [1.54, 1.807) is 25.3 Å². The maximum atomic E-state index is 11.4. The van der Waals surface area contributed by atoms with Crippen LogP contribution >= 0.6 is 27.7 Å². The van der Waals surface area contributed by atoms with Crippen LogP contribution in [0.25, 0.3) is 5.69 Å². The maximum Gasteiger partial charge on any atom is 0.220 e. The van der Waals surface area contributed by atoms with Crippen molar-refractivity contribution in [3.63, 3.8) is 0 Å². The Hall–Kier alpha value is -3.03. The van der Waals surface area contributed by atoms with Crippen molar-refractivity contribution in [2.75, 3.05) is 20.3 Å². The van der Waals surface area contributed by atoms with Crippen LogP contribution in [-0.4, -0.2) is 39.9 Å². The van der Waals surface area contributed by atoms with Gasteiger partial charge < -0.3 is 9.47 Å². The minimum absolute atomic E-state index is 0.134. The molecule has 0 N–H and O–H groups in total. The monoisotopic (exact) mass is 502 g/mol. The first kappa shape index (κ1) is 22.7. The van der Waals surface area contributed by atoms with E-state index in [-0.39, 0.29) is 18.1 Å². The number of nitrogens with zero attached hydrogens (tertiary/aromatic N) is 4. The average Bonchev–Trinajstić information content (AvgIpc) is 3.12.